The maximum Gasteiger partial charge on any atom is 0.327 e. The molecule has 0 aromatic heterocycles. The summed E-state index contributed by atoms with van der Waals surface area (Å²) in [5.41, 5.74) is 0. The number of carboxylic acid groups (broad SMARTS) is 1. The SMILES string of the molecule is CCCCC(/C=C\C(O)C/C=C\C(=O)O)OC(C)=O. The summed E-state index contributed by atoms with van der Waals surface area (Å²) < 4.78 is 5.10. The fourth-order valence-electron chi connectivity index (χ4n) is 1.45. The van der Waals surface area contributed by atoms with Crippen LogP contribution in [0.3, 0.4) is 0 Å². The molecule has 19 heavy (non-hydrogen) atoms. The molecule has 5 nitrogen and oxygen atoms in total. The van der Waals surface area contributed by atoms with Crippen LogP contribution in [0.1, 0.15) is 39.5 Å². The fourth-order valence-corrected chi connectivity index (χ4v) is 1.45. The van der Waals surface area contributed by atoms with E-state index in [4.69, 9.17) is 9.84 Å². The Hall–Kier alpha value is -1.62. The minimum Gasteiger partial charge on any atom is -0.478 e. The topological polar surface area (TPSA) is 83.8 Å². The number of carboxylic acids is 1. The summed E-state index contributed by atoms with van der Waals surface area (Å²) in [6.45, 7) is 3.39. The predicted octanol–water partition coefficient (Wildman–Crippen LogP) is 2.06. The molecule has 5 heteroatoms. The molecule has 0 amide bonds. The molecule has 0 fully saturated rings. The Balaban J connectivity index is 4.26. The molecule has 0 aromatic carbocycles. The van der Waals surface area contributed by atoms with Crippen molar-refractivity contribution in [1.82, 2.24) is 0 Å². The highest BCUT2D eigenvalue weighted by molar-refractivity contribution is 5.79. The number of carbonyl (C=O) groups is 2. The van der Waals surface area contributed by atoms with E-state index in [1.165, 1.54) is 19.1 Å². The number of ether oxygens (including phenoxy) is 1. The molecule has 0 aliphatic heterocycles. The average molecular weight is 270 g/mol. The largest absolute Gasteiger partial charge is 0.478 e. The summed E-state index contributed by atoms with van der Waals surface area (Å²) in [6.07, 6.45) is 7.26. The highest BCUT2D eigenvalue weighted by atomic mass is 16.5. The van der Waals surface area contributed by atoms with Crippen molar-refractivity contribution >= 4 is 11.9 Å². The molecule has 0 aromatic rings. The summed E-state index contributed by atoms with van der Waals surface area (Å²) in [5.74, 6) is -1.40. The third-order valence-electron chi connectivity index (χ3n) is 2.35. The number of hydrogen-bond donors (Lipinski definition) is 2. The molecule has 0 bridgehead atoms. The van der Waals surface area contributed by atoms with Gasteiger partial charge in [-0.2, -0.15) is 0 Å². The van der Waals surface area contributed by atoms with E-state index in [-0.39, 0.29) is 18.5 Å². The molecule has 0 saturated heterocycles. The summed E-state index contributed by atoms with van der Waals surface area (Å²) >= 11 is 0. The second-order valence-corrected chi connectivity index (χ2v) is 4.22. The average Bonchev–Trinajstić information content (AvgIpc) is 2.31. The second kappa shape index (κ2) is 10.3. The zero-order valence-corrected chi connectivity index (χ0v) is 11.4. The summed E-state index contributed by atoms with van der Waals surface area (Å²) in [7, 11) is 0. The molecular formula is C14H22O5. The van der Waals surface area contributed by atoms with Gasteiger partial charge >= 0.3 is 11.9 Å². The van der Waals surface area contributed by atoms with Gasteiger partial charge < -0.3 is 14.9 Å². The van der Waals surface area contributed by atoms with Crippen LogP contribution in [-0.2, 0) is 14.3 Å². The molecule has 0 aliphatic rings. The number of carbonyl (C=O) groups excluding carboxylic acids is 1. The van der Waals surface area contributed by atoms with Crippen LogP contribution >= 0.6 is 0 Å². The van der Waals surface area contributed by atoms with Gasteiger partial charge in [0.2, 0.25) is 0 Å². The van der Waals surface area contributed by atoms with Gasteiger partial charge in [0.1, 0.15) is 6.10 Å². The normalized spacial score (nSPS) is 14.7. The molecule has 2 atom stereocenters. The quantitative estimate of drug-likeness (QED) is 0.380. The second-order valence-electron chi connectivity index (χ2n) is 4.22. The highest BCUT2D eigenvalue weighted by Crippen LogP contribution is 2.08. The lowest BCUT2D eigenvalue weighted by Crippen LogP contribution is -2.14. The Bertz CT molecular complexity index is 333. The van der Waals surface area contributed by atoms with Gasteiger partial charge in [-0.05, 0) is 25.3 Å². The monoisotopic (exact) mass is 270 g/mol. The van der Waals surface area contributed by atoms with E-state index in [0.717, 1.165) is 18.9 Å². The van der Waals surface area contributed by atoms with Gasteiger partial charge in [0, 0.05) is 13.0 Å². The minimum atomic E-state index is -1.04. The maximum atomic E-state index is 10.9. The van der Waals surface area contributed by atoms with Crippen molar-refractivity contribution in [2.75, 3.05) is 0 Å². The van der Waals surface area contributed by atoms with Gasteiger partial charge in [0.25, 0.3) is 0 Å². The molecule has 0 spiro atoms. The van der Waals surface area contributed by atoms with Crippen molar-refractivity contribution in [2.24, 2.45) is 0 Å². The van der Waals surface area contributed by atoms with Crippen molar-refractivity contribution in [1.29, 1.82) is 0 Å². The van der Waals surface area contributed by atoms with Crippen LogP contribution in [0.4, 0.5) is 0 Å². The van der Waals surface area contributed by atoms with E-state index in [9.17, 15) is 14.7 Å². The van der Waals surface area contributed by atoms with E-state index in [1.54, 1.807) is 6.08 Å². The van der Waals surface area contributed by atoms with Crippen molar-refractivity contribution in [3.63, 3.8) is 0 Å². The van der Waals surface area contributed by atoms with E-state index in [1.807, 2.05) is 6.92 Å². The molecule has 0 rings (SSSR count). The van der Waals surface area contributed by atoms with Crippen molar-refractivity contribution in [3.05, 3.63) is 24.3 Å². The zero-order chi connectivity index (χ0) is 14.7. The molecule has 2 unspecified atom stereocenters. The Morgan fingerprint density at radius 1 is 1.32 bits per heavy atom. The maximum absolute atomic E-state index is 10.9. The molecule has 0 saturated carbocycles. The number of unbranched alkanes of at least 4 members (excludes halogenated alkanes) is 1. The Morgan fingerprint density at radius 2 is 2.00 bits per heavy atom. The van der Waals surface area contributed by atoms with Crippen LogP contribution in [0.2, 0.25) is 0 Å². The standard InChI is InChI=1S/C14H22O5/c1-3-4-7-13(19-11(2)15)10-9-12(16)6-5-8-14(17)18/h5,8-10,12-13,16H,3-4,6-7H2,1-2H3,(H,17,18)/b8-5-,10-9-. The lowest BCUT2D eigenvalue weighted by molar-refractivity contribution is -0.144. The summed E-state index contributed by atoms with van der Waals surface area (Å²) in [4.78, 5) is 21.2. The first-order valence-electron chi connectivity index (χ1n) is 6.38. The van der Waals surface area contributed by atoms with E-state index < -0.39 is 12.1 Å². The minimum absolute atomic E-state index is 0.212. The van der Waals surface area contributed by atoms with Gasteiger partial charge in [-0.1, -0.05) is 25.5 Å². The smallest absolute Gasteiger partial charge is 0.327 e. The first kappa shape index (κ1) is 17.4. The lowest BCUT2D eigenvalue weighted by Gasteiger charge is -2.13. The van der Waals surface area contributed by atoms with Crippen molar-refractivity contribution in [3.8, 4) is 0 Å². The van der Waals surface area contributed by atoms with E-state index in [2.05, 4.69) is 0 Å². The number of rotatable bonds is 9. The predicted molar refractivity (Wildman–Crippen MR) is 71.6 cm³/mol. The van der Waals surface area contributed by atoms with Crippen LogP contribution < -0.4 is 0 Å². The Kier molecular flexibility index (Phi) is 9.44. The van der Waals surface area contributed by atoms with Crippen molar-refractivity contribution < 1.29 is 24.5 Å². The number of hydrogen-bond acceptors (Lipinski definition) is 4. The van der Waals surface area contributed by atoms with Crippen LogP contribution in [0.5, 0.6) is 0 Å². The summed E-state index contributed by atoms with van der Waals surface area (Å²) in [6, 6.07) is 0. The van der Waals surface area contributed by atoms with Gasteiger partial charge in [-0.25, -0.2) is 4.79 Å². The van der Waals surface area contributed by atoms with E-state index >= 15 is 0 Å². The van der Waals surface area contributed by atoms with Crippen molar-refractivity contribution in [2.45, 2.75) is 51.7 Å². The molecule has 0 radical (unpaired) electrons. The first-order chi connectivity index (χ1) is 8.95. The van der Waals surface area contributed by atoms with Gasteiger partial charge in [0.15, 0.2) is 0 Å². The molecule has 0 heterocycles. The third-order valence-corrected chi connectivity index (χ3v) is 2.35. The number of esters is 1. The molecule has 108 valence electrons. The number of aliphatic hydroxyl groups is 1. The molecular weight excluding hydrogens is 248 g/mol. The Labute approximate surface area is 113 Å². The van der Waals surface area contributed by atoms with Gasteiger partial charge in [-0.3, -0.25) is 4.79 Å². The van der Waals surface area contributed by atoms with Gasteiger partial charge in [-0.15, -0.1) is 0 Å². The van der Waals surface area contributed by atoms with Crippen LogP contribution in [0, 0.1) is 0 Å². The highest BCUT2D eigenvalue weighted by Gasteiger charge is 2.08. The Morgan fingerprint density at radius 3 is 2.53 bits per heavy atom. The van der Waals surface area contributed by atoms with E-state index in [0.29, 0.717) is 6.42 Å². The number of aliphatic hydroxyl groups excluding tert-OH is 1. The van der Waals surface area contributed by atoms with Crippen LogP contribution in [0.15, 0.2) is 24.3 Å². The molecule has 0 aliphatic carbocycles. The zero-order valence-electron chi connectivity index (χ0n) is 11.4. The van der Waals surface area contributed by atoms with Crippen LogP contribution in [-0.4, -0.2) is 34.4 Å². The first-order valence-corrected chi connectivity index (χ1v) is 6.38. The lowest BCUT2D eigenvalue weighted by atomic mass is 10.1. The van der Waals surface area contributed by atoms with Gasteiger partial charge in [0.05, 0.1) is 6.10 Å². The number of aliphatic carboxylic acids is 1. The third kappa shape index (κ3) is 11.2. The molecule has 2 N–H and O–H groups in total. The summed E-state index contributed by atoms with van der Waals surface area (Å²) in [5, 5.41) is 18.0. The fraction of sp³-hybridized carbons (Fsp3) is 0.571. The van der Waals surface area contributed by atoms with Crippen LogP contribution in [0.25, 0.3) is 0 Å².